The first kappa shape index (κ1) is 26.6. The van der Waals surface area contributed by atoms with E-state index < -0.39 is 30.2 Å². The van der Waals surface area contributed by atoms with E-state index in [-0.39, 0.29) is 22.8 Å². The molecule has 0 amide bonds. The normalized spacial score (nSPS) is 13.3. The molecule has 0 unspecified atom stereocenters. The van der Waals surface area contributed by atoms with Crippen molar-refractivity contribution in [2.45, 2.75) is 79.1 Å². The molecule has 0 saturated heterocycles. The summed E-state index contributed by atoms with van der Waals surface area (Å²) in [6.45, 7) is 1.91. The molecule has 2 rings (SSSR count). The van der Waals surface area contributed by atoms with E-state index in [4.69, 9.17) is 0 Å². The van der Waals surface area contributed by atoms with Crippen LogP contribution in [0.5, 0.6) is 0 Å². The predicted molar refractivity (Wildman–Crippen MR) is 129 cm³/mol. The number of aliphatic hydroxyl groups excluding tert-OH is 1. The molecular weight excluding hydrogens is 444 g/mol. The van der Waals surface area contributed by atoms with Crippen LogP contribution in [0.3, 0.4) is 0 Å². The lowest BCUT2D eigenvalue weighted by Gasteiger charge is -2.27. The van der Waals surface area contributed by atoms with Gasteiger partial charge in [-0.05, 0) is 43.0 Å². The van der Waals surface area contributed by atoms with Crippen molar-refractivity contribution >= 4 is 19.7 Å². The predicted octanol–water partition coefficient (Wildman–Crippen LogP) is 5.40. The molecule has 0 aliphatic rings. The van der Waals surface area contributed by atoms with Gasteiger partial charge in [0.05, 0.1) is 9.79 Å². The van der Waals surface area contributed by atoms with Crippen LogP contribution in [0.2, 0.25) is 0 Å². The van der Waals surface area contributed by atoms with Gasteiger partial charge in [-0.3, -0.25) is 0 Å². The summed E-state index contributed by atoms with van der Waals surface area (Å²) in [5, 5.41) is 9.67. The molecule has 1 N–H and O–H groups in total. The minimum absolute atomic E-state index is 0.00740. The summed E-state index contributed by atoms with van der Waals surface area (Å²) in [6.07, 6.45) is 7.98. The highest BCUT2D eigenvalue weighted by molar-refractivity contribution is 8.09. The Balaban J connectivity index is 2.35. The van der Waals surface area contributed by atoms with Crippen LogP contribution in [0.1, 0.15) is 64.7 Å². The summed E-state index contributed by atoms with van der Waals surface area (Å²) < 4.78 is 52.8. The van der Waals surface area contributed by atoms with E-state index in [0.29, 0.717) is 6.42 Å². The summed E-state index contributed by atoms with van der Waals surface area (Å²) in [4.78, 5) is -0.0148. The van der Waals surface area contributed by atoms with E-state index in [1.54, 1.807) is 36.4 Å². The lowest BCUT2D eigenvalue weighted by molar-refractivity contribution is 0.253. The zero-order valence-corrected chi connectivity index (χ0v) is 20.5. The highest BCUT2D eigenvalue weighted by atomic mass is 32.3. The molecule has 0 heterocycles. The SMILES string of the molecule is CCCCCCCCC[C@H](CCO)C(S(=O)(=O)c1ccccc1)S(=O)(=O)c1ccccc1. The Morgan fingerprint density at radius 2 is 1.09 bits per heavy atom. The maximum atomic E-state index is 13.6. The van der Waals surface area contributed by atoms with Crippen molar-refractivity contribution in [1.29, 1.82) is 0 Å². The van der Waals surface area contributed by atoms with E-state index in [2.05, 4.69) is 6.92 Å². The zero-order chi connectivity index (χ0) is 23.5. The fraction of sp³-hybridized carbons (Fsp3) is 0.520. The number of hydrogen-bond donors (Lipinski definition) is 1. The second-order valence-electron chi connectivity index (χ2n) is 8.27. The van der Waals surface area contributed by atoms with Crippen LogP contribution in [0.25, 0.3) is 0 Å². The van der Waals surface area contributed by atoms with Crippen LogP contribution < -0.4 is 0 Å². The molecule has 2 aromatic carbocycles. The van der Waals surface area contributed by atoms with Crippen LogP contribution >= 0.6 is 0 Å². The summed E-state index contributed by atoms with van der Waals surface area (Å²) in [7, 11) is -8.36. The van der Waals surface area contributed by atoms with Crippen LogP contribution in [0.15, 0.2) is 70.5 Å². The van der Waals surface area contributed by atoms with E-state index in [9.17, 15) is 21.9 Å². The molecular formula is C25H36O5S2. The van der Waals surface area contributed by atoms with E-state index in [1.165, 1.54) is 43.5 Å². The first-order chi connectivity index (χ1) is 15.4. The second kappa shape index (κ2) is 13.1. The fourth-order valence-electron chi connectivity index (χ4n) is 4.11. The highest BCUT2D eigenvalue weighted by Gasteiger charge is 2.44. The van der Waals surface area contributed by atoms with Crippen LogP contribution in [0.4, 0.5) is 0 Å². The number of hydrogen-bond acceptors (Lipinski definition) is 5. The maximum Gasteiger partial charge on any atom is 0.196 e. The van der Waals surface area contributed by atoms with Gasteiger partial charge in [-0.1, -0.05) is 88.3 Å². The van der Waals surface area contributed by atoms with Crippen LogP contribution in [-0.4, -0.2) is 33.1 Å². The largest absolute Gasteiger partial charge is 0.396 e. The van der Waals surface area contributed by atoms with Crippen LogP contribution in [0, 0.1) is 5.92 Å². The molecule has 0 aliphatic heterocycles. The molecule has 0 aromatic heterocycles. The minimum atomic E-state index is -4.18. The van der Waals surface area contributed by atoms with Gasteiger partial charge in [-0.25, -0.2) is 16.8 Å². The summed E-state index contributed by atoms with van der Waals surface area (Å²) in [5.41, 5.74) is 0. The van der Waals surface area contributed by atoms with Gasteiger partial charge in [0.15, 0.2) is 24.3 Å². The Kier molecular flexibility index (Phi) is 10.9. The number of sulfone groups is 2. The molecule has 0 aliphatic carbocycles. The van der Waals surface area contributed by atoms with Crippen molar-refractivity contribution in [1.82, 2.24) is 0 Å². The third-order valence-corrected chi connectivity index (χ3v) is 11.2. The van der Waals surface area contributed by atoms with Crippen molar-refractivity contribution in [3.05, 3.63) is 60.7 Å². The average molecular weight is 481 g/mol. The minimum Gasteiger partial charge on any atom is -0.396 e. The molecule has 178 valence electrons. The smallest absolute Gasteiger partial charge is 0.196 e. The molecule has 0 radical (unpaired) electrons. The molecule has 2 aromatic rings. The summed E-state index contributed by atoms with van der Waals surface area (Å²) >= 11 is 0. The standard InChI is InChI=1S/C25H36O5S2/c1-2-3-4-5-6-7-10-15-22(20-21-26)25(31(27,28)23-16-11-8-12-17-23)32(29,30)24-18-13-9-14-19-24/h8-9,11-14,16-19,22,25-26H,2-7,10,15,20-21H2,1H3/t22-/m1/s1. The molecule has 32 heavy (non-hydrogen) atoms. The Labute approximate surface area is 193 Å². The first-order valence-electron chi connectivity index (χ1n) is 11.5. The monoisotopic (exact) mass is 480 g/mol. The van der Waals surface area contributed by atoms with Crippen molar-refractivity contribution < 1.29 is 21.9 Å². The molecule has 0 bridgehead atoms. The topological polar surface area (TPSA) is 88.5 Å². The Morgan fingerprint density at radius 1 is 0.656 bits per heavy atom. The molecule has 7 heteroatoms. The molecule has 0 saturated carbocycles. The quantitative estimate of drug-likeness (QED) is 0.345. The molecule has 1 atom stereocenters. The second-order valence-corrected chi connectivity index (χ2v) is 12.7. The third kappa shape index (κ3) is 7.15. The fourth-order valence-corrected chi connectivity index (χ4v) is 9.28. The third-order valence-electron chi connectivity index (χ3n) is 5.82. The average Bonchev–Trinajstić information content (AvgIpc) is 2.79. The van der Waals surface area contributed by atoms with E-state index in [0.717, 1.165) is 25.7 Å². The first-order valence-corrected chi connectivity index (χ1v) is 14.6. The summed E-state index contributed by atoms with van der Waals surface area (Å²) in [5.74, 6) is -0.689. The van der Waals surface area contributed by atoms with E-state index >= 15 is 0 Å². The molecule has 5 nitrogen and oxygen atoms in total. The van der Waals surface area contributed by atoms with Gasteiger partial charge in [0.25, 0.3) is 0 Å². The van der Waals surface area contributed by atoms with Gasteiger partial charge in [0.1, 0.15) is 0 Å². The maximum absolute atomic E-state index is 13.6. The number of rotatable bonds is 15. The van der Waals surface area contributed by atoms with Crippen molar-refractivity contribution in [2.24, 2.45) is 5.92 Å². The van der Waals surface area contributed by atoms with Gasteiger partial charge < -0.3 is 5.11 Å². The van der Waals surface area contributed by atoms with Gasteiger partial charge in [0, 0.05) is 6.61 Å². The number of unbranched alkanes of at least 4 members (excludes halogenated alkanes) is 6. The van der Waals surface area contributed by atoms with Crippen molar-refractivity contribution in [3.8, 4) is 0 Å². The highest BCUT2D eigenvalue weighted by Crippen LogP contribution is 2.35. The number of aliphatic hydroxyl groups is 1. The van der Waals surface area contributed by atoms with Crippen molar-refractivity contribution in [2.75, 3.05) is 6.61 Å². The molecule has 0 fully saturated rings. The summed E-state index contributed by atoms with van der Waals surface area (Å²) in [6, 6.07) is 15.5. The van der Waals surface area contributed by atoms with Gasteiger partial charge in [0.2, 0.25) is 0 Å². The zero-order valence-electron chi connectivity index (χ0n) is 18.9. The lowest BCUT2D eigenvalue weighted by atomic mass is 9.99. The Morgan fingerprint density at radius 3 is 1.53 bits per heavy atom. The van der Waals surface area contributed by atoms with Gasteiger partial charge in [-0.2, -0.15) is 0 Å². The number of benzene rings is 2. The van der Waals surface area contributed by atoms with Gasteiger partial charge >= 0.3 is 0 Å². The van der Waals surface area contributed by atoms with E-state index in [1.807, 2.05) is 0 Å². The van der Waals surface area contributed by atoms with Gasteiger partial charge in [-0.15, -0.1) is 0 Å². The lowest BCUT2D eigenvalue weighted by Crippen LogP contribution is -2.38. The Bertz CT molecular complexity index is 918. The van der Waals surface area contributed by atoms with Crippen LogP contribution in [-0.2, 0) is 19.7 Å². The molecule has 0 spiro atoms. The van der Waals surface area contributed by atoms with Crippen molar-refractivity contribution in [3.63, 3.8) is 0 Å². The Hall–Kier alpha value is -1.70.